The number of hydrogen-bond donors (Lipinski definition) is 1. The Labute approximate surface area is 119 Å². The minimum atomic E-state index is 0.403. The van der Waals surface area contributed by atoms with Crippen LogP contribution in [0.25, 0.3) is 0 Å². The fourth-order valence-corrected chi connectivity index (χ4v) is 4.81. The number of nitrogens with one attached hydrogen (secondary N) is 1. The van der Waals surface area contributed by atoms with E-state index in [-0.39, 0.29) is 0 Å². The molecule has 1 heterocycles. The van der Waals surface area contributed by atoms with Crippen molar-refractivity contribution in [1.29, 1.82) is 0 Å². The minimum absolute atomic E-state index is 0.403. The van der Waals surface area contributed by atoms with Crippen LogP contribution in [0.3, 0.4) is 0 Å². The van der Waals surface area contributed by atoms with Gasteiger partial charge in [-0.1, -0.05) is 20.3 Å². The van der Waals surface area contributed by atoms with Gasteiger partial charge in [0.15, 0.2) is 0 Å². The highest BCUT2D eigenvalue weighted by Gasteiger charge is 2.45. The van der Waals surface area contributed by atoms with Crippen LogP contribution < -0.4 is 5.32 Å². The van der Waals surface area contributed by atoms with Crippen molar-refractivity contribution >= 4 is 0 Å². The molecule has 2 saturated carbocycles. The second kappa shape index (κ2) is 5.37. The molecule has 0 spiro atoms. The summed E-state index contributed by atoms with van der Waals surface area (Å²) in [6, 6.07) is 0.864. The van der Waals surface area contributed by atoms with Gasteiger partial charge >= 0.3 is 0 Å². The smallest absolute Gasteiger partial charge is 0.0308 e. The summed E-state index contributed by atoms with van der Waals surface area (Å²) >= 11 is 0. The normalized spacial score (nSPS) is 45.3. The second-order valence-corrected chi connectivity index (χ2v) is 7.61. The Morgan fingerprint density at radius 2 is 2.00 bits per heavy atom. The van der Waals surface area contributed by atoms with Crippen LogP contribution in [0.4, 0.5) is 0 Å². The Balaban J connectivity index is 1.69. The average Bonchev–Trinajstić information content (AvgIpc) is 3.19. The molecule has 0 aromatic rings. The van der Waals surface area contributed by atoms with Crippen LogP contribution in [0.5, 0.6) is 0 Å². The third-order valence-electron chi connectivity index (χ3n) is 6.34. The largest absolute Gasteiger partial charge is 0.310 e. The summed E-state index contributed by atoms with van der Waals surface area (Å²) in [5.41, 5.74) is 0.403. The average molecular weight is 264 g/mol. The lowest BCUT2D eigenvalue weighted by Gasteiger charge is -2.38. The molecule has 0 radical (unpaired) electrons. The first-order valence-corrected chi connectivity index (χ1v) is 8.63. The Bertz CT molecular complexity index is 312. The molecule has 0 bridgehead atoms. The first-order chi connectivity index (χ1) is 9.14. The SMILES string of the molecule is CCC1CCC(N2CCCNC(C)(C3CC3)C2)C1C. The zero-order chi connectivity index (χ0) is 13.5. The molecule has 3 aliphatic rings. The zero-order valence-electron chi connectivity index (χ0n) is 13.1. The summed E-state index contributed by atoms with van der Waals surface area (Å²) in [5, 5.41) is 3.87. The van der Waals surface area contributed by atoms with E-state index in [4.69, 9.17) is 0 Å². The topological polar surface area (TPSA) is 15.3 Å². The van der Waals surface area contributed by atoms with E-state index in [1.54, 1.807) is 0 Å². The molecule has 1 N–H and O–H groups in total. The van der Waals surface area contributed by atoms with Gasteiger partial charge in [-0.05, 0) is 69.9 Å². The molecule has 1 saturated heterocycles. The van der Waals surface area contributed by atoms with Crippen LogP contribution >= 0.6 is 0 Å². The van der Waals surface area contributed by atoms with Crippen molar-refractivity contribution in [2.45, 2.75) is 70.9 Å². The molecule has 2 aliphatic carbocycles. The maximum atomic E-state index is 3.87. The summed E-state index contributed by atoms with van der Waals surface area (Å²) in [6.45, 7) is 11.2. The maximum Gasteiger partial charge on any atom is 0.0308 e. The van der Waals surface area contributed by atoms with Crippen molar-refractivity contribution in [3.63, 3.8) is 0 Å². The van der Waals surface area contributed by atoms with E-state index in [2.05, 4.69) is 31.0 Å². The summed E-state index contributed by atoms with van der Waals surface area (Å²) in [4.78, 5) is 2.86. The van der Waals surface area contributed by atoms with E-state index in [9.17, 15) is 0 Å². The molecule has 2 heteroatoms. The fourth-order valence-electron chi connectivity index (χ4n) is 4.81. The van der Waals surface area contributed by atoms with Crippen LogP contribution in [-0.2, 0) is 0 Å². The van der Waals surface area contributed by atoms with Crippen molar-refractivity contribution in [3.05, 3.63) is 0 Å². The summed E-state index contributed by atoms with van der Waals surface area (Å²) in [7, 11) is 0. The maximum absolute atomic E-state index is 3.87. The van der Waals surface area contributed by atoms with Crippen LogP contribution in [0, 0.1) is 17.8 Å². The molecule has 19 heavy (non-hydrogen) atoms. The fraction of sp³-hybridized carbons (Fsp3) is 1.00. The Hall–Kier alpha value is -0.0800. The summed E-state index contributed by atoms with van der Waals surface area (Å²) < 4.78 is 0. The van der Waals surface area contributed by atoms with Gasteiger partial charge in [-0.25, -0.2) is 0 Å². The third-order valence-corrected chi connectivity index (χ3v) is 6.34. The van der Waals surface area contributed by atoms with E-state index in [0.717, 1.165) is 23.8 Å². The number of nitrogens with zero attached hydrogens (tertiary/aromatic N) is 1. The van der Waals surface area contributed by atoms with E-state index in [1.807, 2.05) is 0 Å². The van der Waals surface area contributed by atoms with Gasteiger partial charge < -0.3 is 5.32 Å². The third kappa shape index (κ3) is 2.71. The molecular formula is C17H32N2. The molecule has 3 fully saturated rings. The second-order valence-electron chi connectivity index (χ2n) is 7.61. The van der Waals surface area contributed by atoms with Crippen molar-refractivity contribution in [2.24, 2.45) is 17.8 Å². The van der Waals surface area contributed by atoms with E-state index >= 15 is 0 Å². The summed E-state index contributed by atoms with van der Waals surface area (Å²) in [5.74, 6) is 2.84. The standard InChI is InChI=1S/C17H32N2/c1-4-14-6-9-16(13(14)2)19-11-5-10-18-17(3,12-19)15-7-8-15/h13-16,18H,4-12H2,1-3H3. The van der Waals surface area contributed by atoms with Gasteiger partial charge in [0, 0.05) is 18.1 Å². The monoisotopic (exact) mass is 264 g/mol. The summed E-state index contributed by atoms with van der Waals surface area (Å²) in [6.07, 6.45) is 8.53. The number of hydrogen-bond acceptors (Lipinski definition) is 2. The van der Waals surface area contributed by atoms with Crippen LogP contribution in [0.15, 0.2) is 0 Å². The van der Waals surface area contributed by atoms with Crippen molar-refractivity contribution in [1.82, 2.24) is 10.2 Å². The van der Waals surface area contributed by atoms with Gasteiger partial charge in [-0.3, -0.25) is 4.90 Å². The molecule has 4 unspecified atom stereocenters. The molecule has 0 aromatic carbocycles. The highest BCUT2D eigenvalue weighted by atomic mass is 15.2. The number of rotatable bonds is 3. The highest BCUT2D eigenvalue weighted by molar-refractivity contribution is 5.03. The molecule has 2 nitrogen and oxygen atoms in total. The van der Waals surface area contributed by atoms with E-state index in [1.165, 1.54) is 58.2 Å². The van der Waals surface area contributed by atoms with E-state index in [0.29, 0.717) is 5.54 Å². The van der Waals surface area contributed by atoms with Crippen LogP contribution in [-0.4, -0.2) is 36.1 Å². The predicted molar refractivity (Wildman–Crippen MR) is 81.3 cm³/mol. The van der Waals surface area contributed by atoms with Gasteiger partial charge in [0.05, 0.1) is 0 Å². The first-order valence-electron chi connectivity index (χ1n) is 8.63. The lowest BCUT2D eigenvalue weighted by atomic mass is 9.90. The van der Waals surface area contributed by atoms with Gasteiger partial charge in [0.1, 0.15) is 0 Å². The van der Waals surface area contributed by atoms with Crippen LogP contribution in [0.1, 0.15) is 59.3 Å². The van der Waals surface area contributed by atoms with Crippen LogP contribution in [0.2, 0.25) is 0 Å². The highest BCUT2D eigenvalue weighted by Crippen LogP contribution is 2.43. The van der Waals surface area contributed by atoms with E-state index < -0.39 is 0 Å². The molecule has 110 valence electrons. The van der Waals surface area contributed by atoms with Gasteiger partial charge in [0.2, 0.25) is 0 Å². The Morgan fingerprint density at radius 1 is 1.21 bits per heavy atom. The van der Waals surface area contributed by atoms with Crippen molar-refractivity contribution in [3.8, 4) is 0 Å². The minimum Gasteiger partial charge on any atom is -0.310 e. The zero-order valence-corrected chi connectivity index (χ0v) is 13.1. The van der Waals surface area contributed by atoms with Gasteiger partial charge in [-0.15, -0.1) is 0 Å². The lowest BCUT2D eigenvalue weighted by Crippen LogP contribution is -2.53. The first kappa shape index (κ1) is 13.9. The molecule has 4 atom stereocenters. The molecule has 1 aliphatic heterocycles. The van der Waals surface area contributed by atoms with Gasteiger partial charge in [0.25, 0.3) is 0 Å². The molecule has 0 amide bonds. The molecular weight excluding hydrogens is 232 g/mol. The Kier molecular flexibility index (Phi) is 3.92. The van der Waals surface area contributed by atoms with Crippen molar-refractivity contribution in [2.75, 3.05) is 19.6 Å². The molecule has 3 rings (SSSR count). The predicted octanol–water partition coefficient (Wildman–Crippen LogP) is 3.28. The van der Waals surface area contributed by atoms with Crippen molar-refractivity contribution < 1.29 is 0 Å². The molecule has 0 aromatic heterocycles. The van der Waals surface area contributed by atoms with Gasteiger partial charge in [-0.2, -0.15) is 0 Å². The quantitative estimate of drug-likeness (QED) is 0.841. The lowest BCUT2D eigenvalue weighted by molar-refractivity contribution is 0.121. The Morgan fingerprint density at radius 3 is 2.63 bits per heavy atom.